The first-order chi connectivity index (χ1) is 8.60. The third kappa shape index (κ3) is 2.80. The van der Waals surface area contributed by atoms with Gasteiger partial charge in [0.2, 0.25) is 11.8 Å². The molecule has 0 aliphatic carbocycles. The lowest BCUT2D eigenvalue weighted by molar-refractivity contribution is -0.277. The average Bonchev–Trinajstić information content (AvgIpc) is 2.69. The Balaban J connectivity index is 2.13. The van der Waals surface area contributed by atoms with Crippen LogP contribution < -0.4 is 5.32 Å². The summed E-state index contributed by atoms with van der Waals surface area (Å²) in [4.78, 5) is 12.2. The summed E-state index contributed by atoms with van der Waals surface area (Å²) in [6.07, 6.45) is -11.2. The zero-order valence-electron chi connectivity index (χ0n) is 9.68. The van der Waals surface area contributed by atoms with E-state index in [0.717, 1.165) is 0 Å². The fourth-order valence-electron chi connectivity index (χ4n) is 2.68. The van der Waals surface area contributed by atoms with Gasteiger partial charge in [0, 0.05) is 26.2 Å². The van der Waals surface area contributed by atoms with Crippen LogP contribution in [0.1, 0.15) is 0 Å². The lowest BCUT2D eigenvalue weighted by Crippen LogP contribution is -2.49. The van der Waals surface area contributed by atoms with E-state index in [4.69, 9.17) is 0 Å². The van der Waals surface area contributed by atoms with Gasteiger partial charge in [-0.05, 0) is 11.8 Å². The number of carbonyl (C=O) groups excluding carboxylic acids is 1. The molecule has 2 atom stereocenters. The Bertz CT molecular complexity index is 340. The number of nitrogens with one attached hydrogen (secondary N) is 1. The highest BCUT2D eigenvalue weighted by Gasteiger charge is 2.62. The predicted molar refractivity (Wildman–Crippen MR) is 52.0 cm³/mol. The van der Waals surface area contributed by atoms with E-state index in [0.29, 0.717) is 18.0 Å². The monoisotopic (exact) mass is 290 g/mol. The normalized spacial score (nSPS) is 28.1. The molecule has 0 radical (unpaired) electrons. The second-order valence-electron chi connectivity index (χ2n) is 4.94. The number of hydrogen-bond acceptors (Lipinski definition) is 2. The quantitative estimate of drug-likeness (QED) is 0.741. The van der Waals surface area contributed by atoms with E-state index in [1.165, 1.54) is 0 Å². The Labute approximate surface area is 104 Å². The minimum atomic E-state index is -5.61. The lowest BCUT2D eigenvalue weighted by Gasteiger charge is -2.27. The molecule has 2 heterocycles. The first kappa shape index (κ1) is 14.4. The van der Waals surface area contributed by atoms with Gasteiger partial charge in [0.1, 0.15) is 0 Å². The molecule has 2 aliphatic heterocycles. The van der Waals surface area contributed by atoms with E-state index < -0.39 is 24.2 Å². The summed E-state index contributed by atoms with van der Waals surface area (Å²) in [5.41, 5.74) is 0. The zero-order valence-corrected chi connectivity index (χ0v) is 9.68. The predicted octanol–water partition coefficient (Wildman–Crippen LogP) is 1.40. The molecule has 0 bridgehead atoms. The molecule has 0 unspecified atom stereocenters. The zero-order chi connectivity index (χ0) is 14.4. The summed E-state index contributed by atoms with van der Waals surface area (Å²) in [5, 5.41) is 2.99. The first-order valence-electron chi connectivity index (χ1n) is 5.73. The van der Waals surface area contributed by atoms with Gasteiger partial charge >= 0.3 is 12.4 Å². The van der Waals surface area contributed by atoms with Gasteiger partial charge in [-0.25, -0.2) is 0 Å². The summed E-state index contributed by atoms with van der Waals surface area (Å²) < 4.78 is 74.6. The number of carbonyl (C=O) groups is 1. The van der Waals surface area contributed by atoms with Crippen molar-refractivity contribution in [3.63, 3.8) is 0 Å². The Morgan fingerprint density at radius 2 is 1.42 bits per heavy atom. The standard InChI is InChI=1S/C10H12F6N2O/c11-9(12,13)7(10(14,15)16)8(19)18-3-5-1-17-2-6(5)4-18/h5-7,17H,1-4H2/t5-,6+. The van der Waals surface area contributed by atoms with E-state index >= 15 is 0 Å². The molecule has 0 aromatic carbocycles. The number of halogens is 6. The smallest absolute Gasteiger partial charge is 0.341 e. The van der Waals surface area contributed by atoms with Crippen molar-refractivity contribution in [1.82, 2.24) is 10.2 Å². The largest absolute Gasteiger partial charge is 0.409 e. The molecule has 2 saturated heterocycles. The second kappa shape index (κ2) is 4.53. The minimum absolute atomic E-state index is 0.0425. The summed E-state index contributed by atoms with van der Waals surface area (Å²) in [5.74, 6) is -5.89. The maximum absolute atomic E-state index is 12.4. The van der Waals surface area contributed by atoms with Crippen molar-refractivity contribution in [3.8, 4) is 0 Å². The molecule has 1 amide bonds. The van der Waals surface area contributed by atoms with Crippen LogP contribution in [0.4, 0.5) is 26.3 Å². The molecule has 0 saturated carbocycles. The van der Waals surface area contributed by atoms with Crippen LogP contribution in [0, 0.1) is 17.8 Å². The SMILES string of the molecule is O=C(C(C(F)(F)F)C(F)(F)F)N1C[C@H]2CNC[C@H]2C1. The molecule has 110 valence electrons. The van der Waals surface area contributed by atoms with Crippen LogP contribution in [0.2, 0.25) is 0 Å². The summed E-state index contributed by atoms with van der Waals surface area (Å²) in [6.45, 7) is 0.965. The van der Waals surface area contributed by atoms with E-state index in [-0.39, 0.29) is 24.9 Å². The van der Waals surface area contributed by atoms with Crippen molar-refractivity contribution in [2.75, 3.05) is 26.2 Å². The van der Waals surface area contributed by atoms with Crippen molar-refractivity contribution in [1.29, 1.82) is 0 Å². The van der Waals surface area contributed by atoms with Gasteiger partial charge in [0.05, 0.1) is 0 Å². The van der Waals surface area contributed by atoms with Crippen molar-refractivity contribution in [3.05, 3.63) is 0 Å². The lowest BCUT2D eigenvalue weighted by atomic mass is 10.0. The van der Waals surface area contributed by atoms with E-state index in [2.05, 4.69) is 5.32 Å². The van der Waals surface area contributed by atoms with E-state index in [1.807, 2.05) is 0 Å². The molecule has 0 spiro atoms. The van der Waals surface area contributed by atoms with Crippen LogP contribution in [0.3, 0.4) is 0 Å². The topological polar surface area (TPSA) is 32.3 Å². The molecular weight excluding hydrogens is 278 g/mol. The molecule has 1 N–H and O–H groups in total. The average molecular weight is 290 g/mol. The summed E-state index contributed by atoms with van der Waals surface area (Å²) >= 11 is 0. The second-order valence-corrected chi connectivity index (χ2v) is 4.94. The Hall–Kier alpha value is -0.990. The molecule has 0 aromatic rings. The first-order valence-corrected chi connectivity index (χ1v) is 5.73. The van der Waals surface area contributed by atoms with Crippen molar-refractivity contribution in [2.45, 2.75) is 12.4 Å². The Kier molecular flexibility index (Phi) is 3.44. The summed E-state index contributed by atoms with van der Waals surface area (Å²) in [6, 6.07) is 0. The van der Waals surface area contributed by atoms with Crippen LogP contribution in [0.15, 0.2) is 0 Å². The van der Waals surface area contributed by atoms with Crippen LogP contribution in [0.5, 0.6) is 0 Å². The number of nitrogens with zero attached hydrogens (tertiary/aromatic N) is 1. The van der Waals surface area contributed by atoms with Gasteiger partial charge in [0.25, 0.3) is 0 Å². The molecule has 19 heavy (non-hydrogen) atoms. The van der Waals surface area contributed by atoms with Gasteiger partial charge in [-0.1, -0.05) is 0 Å². The van der Waals surface area contributed by atoms with Crippen LogP contribution >= 0.6 is 0 Å². The third-order valence-corrected chi connectivity index (χ3v) is 3.60. The van der Waals surface area contributed by atoms with Gasteiger partial charge in [0.15, 0.2) is 0 Å². The highest BCUT2D eigenvalue weighted by atomic mass is 19.4. The van der Waals surface area contributed by atoms with Crippen molar-refractivity contribution >= 4 is 5.91 Å². The maximum atomic E-state index is 12.4. The highest BCUT2D eigenvalue weighted by Crippen LogP contribution is 2.41. The van der Waals surface area contributed by atoms with Gasteiger partial charge in [-0.15, -0.1) is 0 Å². The van der Waals surface area contributed by atoms with Gasteiger partial charge in [-0.3, -0.25) is 4.79 Å². The highest BCUT2D eigenvalue weighted by molar-refractivity contribution is 5.80. The van der Waals surface area contributed by atoms with Gasteiger partial charge < -0.3 is 10.2 Å². The Morgan fingerprint density at radius 3 is 1.79 bits per heavy atom. The molecule has 2 rings (SSSR count). The third-order valence-electron chi connectivity index (χ3n) is 3.60. The number of fused-ring (bicyclic) bond motifs is 1. The van der Waals surface area contributed by atoms with E-state index in [1.54, 1.807) is 0 Å². The van der Waals surface area contributed by atoms with Crippen molar-refractivity contribution in [2.24, 2.45) is 17.8 Å². The molecule has 3 nitrogen and oxygen atoms in total. The molecule has 2 aliphatic rings. The summed E-state index contributed by atoms with van der Waals surface area (Å²) in [7, 11) is 0. The number of alkyl halides is 6. The van der Waals surface area contributed by atoms with Crippen LogP contribution in [0.25, 0.3) is 0 Å². The fourth-order valence-corrected chi connectivity index (χ4v) is 2.68. The van der Waals surface area contributed by atoms with Crippen LogP contribution in [-0.4, -0.2) is 49.3 Å². The minimum Gasteiger partial charge on any atom is -0.341 e. The number of likely N-dealkylation sites (tertiary alicyclic amines) is 1. The van der Waals surface area contributed by atoms with E-state index in [9.17, 15) is 31.1 Å². The maximum Gasteiger partial charge on any atom is 0.409 e. The number of rotatable bonds is 1. The number of hydrogen-bond donors (Lipinski definition) is 1. The molecule has 2 fully saturated rings. The molecular formula is C10H12F6N2O. The van der Waals surface area contributed by atoms with Crippen LogP contribution in [-0.2, 0) is 4.79 Å². The Morgan fingerprint density at radius 1 is 1.00 bits per heavy atom. The molecule has 0 aromatic heterocycles. The number of amides is 1. The fraction of sp³-hybridized carbons (Fsp3) is 0.900. The molecule has 9 heteroatoms. The van der Waals surface area contributed by atoms with Crippen molar-refractivity contribution < 1.29 is 31.1 Å². The van der Waals surface area contributed by atoms with Gasteiger partial charge in [-0.2, -0.15) is 26.3 Å².